The molecule has 0 saturated heterocycles. The van der Waals surface area contributed by atoms with Gasteiger partial charge in [0.1, 0.15) is 0 Å². The number of aryl methyl sites for hydroxylation is 1. The van der Waals surface area contributed by atoms with Gasteiger partial charge in [-0.3, -0.25) is 0 Å². The van der Waals surface area contributed by atoms with E-state index in [0.717, 1.165) is 18.7 Å². The maximum atomic E-state index is 5.23. The Balaban J connectivity index is 2.45. The predicted octanol–water partition coefficient (Wildman–Crippen LogP) is 0.493. The Bertz CT molecular complexity index is 242. The molecule has 0 spiro atoms. The van der Waals surface area contributed by atoms with E-state index in [2.05, 4.69) is 9.55 Å². The third kappa shape index (κ3) is 0.743. The summed E-state index contributed by atoms with van der Waals surface area (Å²) < 4.78 is 7.30. The van der Waals surface area contributed by atoms with Gasteiger partial charge in [-0.25, -0.2) is 4.98 Å². The zero-order valence-corrected chi connectivity index (χ0v) is 6.00. The highest BCUT2D eigenvalue weighted by Gasteiger charge is 2.12. The topological polar surface area (TPSA) is 27.1 Å². The monoisotopic (exact) mass is 138 g/mol. The van der Waals surface area contributed by atoms with E-state index in [1.807, 2.05) is 13.4 Å². The van der Waals surface area contributed by atoms with Gasteiger partial charge in [-0.2, -0.15) is 0 Å². The summed E-state index contributed by atoms with van der Waals surface area (Å²) in [7, 11) is 2.02. The molecule has 1 aliphatic rings. The Labute approximate surface area is 59.6 Å². The zero-order chi connectivity index (χ0) is 6.97. The van der Waals surface area contributed by atoms with E-state index in [1.54, 1.807) is 0 Å². The third-order valence-corrected chi connectivity index (χ3v) is 1.87. The molecular weight excluding hydrogens is 128 g/mol. The number of hydrogen-bond acceptors (Lipinski definition) is 2. The second-order valence-corrected chi connectivity index (χ2v) is 2.55. The number of aromatic nitrogens is 2. The Morgan fingerprint density at radius 1 is 1.70 bits per heavy atom. The predicted molar refractivity (Wildman–Crippen MR) is 36.6 cm³/mol. The van der Waals surface area contributed by atoms with Gasteiger partial charge in [-0.05, 0) is 0 Å². The maximum absolute atomic E-state index is 5.23. The first kappa shape index (κ1) is 5.92. The smallest absolute Gasteiger partial charge is 0.0950 e. The average Bonchev–Trinajstić information content (AvgIpc) is 2.34. The molecule has 2 heterocycles. The van der Waals surface area contributed by atoms with Gasteiger partial charge in [0, 0.05) is 19.2 Å². The quantitative estimate of drug-likeness (QED) is 0.521. The lowest BCUT2D eigenvalue weighted by atomic mass is 10.2. The van der Waals surface area contributed by atoms with Gasteiger partial charge in [-0.1, -0.05) is 0 Å². The zero-order valence-electron chi connectivity index (χ0n) is 6.00. The average molecular weight is 138 g/mol. The van der Waals surface area contributed by atoms with Crippen LogP contribution in [0.4, 0.5) is 0 Å². The van der Waals surface area contributed by atoms with Gasteiger partial charge in [0.15, 0.2) is 0 Å². The minimum atomic E-state index is 0.691. The normalized spacial score (nSPS) is 16.9. The summed E-state index contributed by atoms with van der Waals surface area (Å²) in [5.74, 6) is 0. The fourth-order valence-electron chi connectivity index (χ4n) is 1.28. The molecule has 0 radical (unpaired) electrons. The van der Waals surface area contributed by atoms with E-state index in [4.69, 9.17) is 4.74 Å². The summed E-state index contributed by atoms with van der Waals surface area (Å²) in [6, 6.07) is 0. The molecule has 1 aromatic heterocycles. The summed E-state index contributed by atoms with van der Waals surface area (Å²) >= 11 is 0. The lowest BCUT2D eigenvalue weighted by Crippen LogP contribution is -2.11. The lowest BCUT2D eigenvalue weighted by molar-refractivity contribution is 0.106. The number of rotatable bonds is 0. The number of imidazole rings is 1. The van der Waals surface area contributed by atoms with Gasteiger partial charge >= 0.3 is 0 Å². The Morgan fingerprint density at radius 2 is 2.60 bits per heavy atom. The number of nitrogens with zero attached hydrogens (tertiary/aromatic N) is 2. The summed E-state index contributed by atoms with van der Waals surface area (Å²) in [6.45, 7) is 1.53. The second-order valence-electron chi connectivity index (χ2n) is 2.55. The SMILES string of the molecule is Cn1cnc2c1CCOC2. The van der Waals surface area contributed by atoms with Crippen LogP contribution in [0.3, 0.4) is 0 Å². The van der Waals surface area contributed by atoms with E-state index in [1.165, 1.54) is 5.69 Å². The molecule has 0 unspecified atom stereocenters. The highest BCUT2D eigenvalue weighted by atomic mass is 16.5. The van der Waals surface area contributed by atoms with Crippen LogP contribution in [0, 0.1) is 0 Å². The van der Waals surface area contributed by atoms with Crippen LogP contribution in [-0.4, -0.2) is 16.2 Å². The first-order valence-electron chi connectivity index (χ1n) is 3.45. The number of ether oxygens (including phenoxy) is 1. The molecule has 3 heteroatoms. The second kappa shape index (κ2) is 2.09. The van der Waals surface area contributed by atoms with Crippen LogP contribution >= 0.6 is 0 Å². The minimum Gasteiger partial charge on any atom is -0.375 e. The summed E-state index contributed by atoms with van der Waals surface area (Å²) in [5, 5.41) is 0. The van der Waals surface area contributed by atoms with Crippen LogP contribution in [0.2, 0.25) is 0 Å². The highest BCUT2D eigenvalue weighted by molar-refractivity contribution is 5.13. The van der Waals surface area contributed by atoms with Crippen molar-refractivity contribution in [2.75, 3.05) is 6.61 Å². The van der Waals surface area contributed by atoms with Crippen LogP contribution < -0.4 is 0 Å². The van der Waals surface area contributed by atoms with Crippen LogP contribution in [-0.2, 0) is 24.8 Å². The van der Waals surface area contributed by atoms with Crippen molar-refractivity contribution < 1.29 is 4.74 Å². The summed E-state index contributed by atoms with van der Waals surface area (Å²) in [5.41, 5.74) is 2.43. The molecule has 0 aliphatic carbocycles. The Hall–Kier alpha value is -0.830. The molecule has 3 nitrogen and oxygen atoms in total. The third-order valence-electron chi connectivity index (χ3n) is 1.87. The van der Waals surface area contributed by atoms with Crippen molar-refractivity contribution in [1.82, 2.24) is 9.55 Å². The van der Waals surface area contributed by atoms with E-state index >= 15 is 0 Å². The van der Waals surface area contributed by atoms with Gasteiger partial charge in [0.2, 0.25) is 0 Å². The van der Waals surface area contributed by atoms with Crippen molar-refractivity contribution in [2.45, 2.75) is 13.0 Å². The lowest BCUT2D eigenvalue weighted by Gasteiger charge is -2.11. The molecular formula is C7H10N2O. The van der Waals surface area contributed by atoms with Crippen LogP contribution in [0.1, 0.15) is 11.4 Å². The highest BCUT2D eigenvalue weighted by Crippen LogP contribution is 2.13. The van der Waals surface area contributed by atoms with E-state index in [-0.39, 0.29) is 0 Å². The largest absolute Gasteiger partial charge is 0.375 e. The molecule has 0 fully saturated rings. The van der Waals surface area contributed by atoms with Gasteiger partial charge < -0.3 is 9.30 Å². The van der Waals surface area contributed by atoms with Crippen molar-refractivity contribution in [3.63, 3.8) is 0 Å². The molecule has 0 N–H and O–H groups in total. The Morgan fingerprint density at radius 3 is 3.40 bits per heavy atom. The molecule has 2 rings (SSSR count). The van der Waals surface area contributed by atoms with Crippen molar-refractivity contribution in [3.05, 3.63) is 17.7 Å². The number of fused-ring (bicyclic) bond motifs is 1. The van der Waals surface area contributed by atoms with Crippen LogP contribution in [0.5, 0.6) is 0 Å². The van der Waals surface area contributed by atoms with Crippen LogP contribution in [0.15, 0.2) is 6.33 Å². The first-order valence-corrected chi connectivity index (χ1v) is 3.45. The van der Waals surface area contributed by atoms with E-state index < -0.39 is 0 Å². The van der Waals surface area contributed by atoms with Gasteiger partial charge in [-0.15, -0.1) is 0 Å². The molecule has 1 aliphatic heterocycles. The standard InChI is InChI=1S/C7H10N2O/c1-9-5-8-6-4-10-3-2-7(6)9/h5H,2-4H2,1H3. The van der Waals surface area contributed by atoms with Gasteiger partial charge in [0.25, 0.3) is 0 Å². The minimum absolute atomic E-state index is 0.691. The summed E-state index contributed by atoms with van der Waals surface area (Å²) in [6.07, 6.45) is 2.85. The maximum Gasteiger partial charge on any atom is 0.0950 e. The molecule has 10 heavy (non-hydrogen) atoms. The molecule has 0 saturated carbocycles. The van der Waals surface area contributed by atoms with Crippen molar-refractivity contribution in [2.24, 2.45) is 7.05 Å². The molecule has 0 amide bonds. The number of hydrogen-bond donors (Lipinski definition) is 0. The van der Waals surface area contributed by atoms with E-state index in [9.17, 15) is 0 Å². The van der Waals surface area contributed by atoms with Crippen molar-refractivity contribution in [3.8, 4) is 0 Å². The molecule has 1 aromatic rings. The molecule has 0 aromatic carbocycles. The fraction of sp³-hybridized carbons (Fsp3) is 0.571. The van der Waals surface area contributed by atoms with Crippen molar-refractivity contribution in [1.29, 1.82) is 0 Å². The van der Waals surface area contributed by atoms with E-state index in [0.29, 0.717) is 6.61 Å². The van der Waals surface area contributed by atoms with Crippen molar-refractivity contribution >= 4 is 0 Å². The Kier molecular flexibility index (Phi) is 1.24. The first-order chi connectivity index (χ1) is 4.88. The summed E-state index contributed by atoms with van der Waals surface area (Å²) in [4.78, 5) is 4.19. The fourth-order valence-corrected chi connectivity index (χ4v) is 1.28. The molecule has 0 bridgehead atoms. The van der Waals surface area contributed by atoms with Gasteiger partial charge in [0.05, 0.1) is 25.2 Å². The van der Waals surface area contributed by atoms with Crippen LogP contribution in [0.25, 0.3) is 0 Å². The molecule has 0 atom stereocenters. The molecule has 54 valence electrons.